The number of nitrogens with one attached hydrogen (secondary N) is 1. The molecule has 0 atom stereocenters. The van der Waals surface area contributed by atoms with Crippen molar-refractivity contribution < 1.29 is 13.9 Å². The molecule has 0 spiro atoms. The Morgan fingerprint density at radius 3 is 2.58 bits per heavy atom. The molecule has 1 N–H and O–H groups in total. The fourth-order valence-electron chi connectivity index (χ4n) is 2.69. The summed E-state index contributed by atoms with van der Waals surface area (Å²) in [6, 6.07) is 15.0. The van der Waals surface area contributed by atoms with Gasteiger partial charge >= 0.3 is 0 Å². The molecule has 132 valence electrons. The van der Waals surface area contributed by atoms with Crippen molar-refractivity contribution in [1.82, 2.24) is 0 Å². The van der Waals surface area contributed by atoms with Gasteiger partial charge in [-0.25, -0.2) is 4.39 Å². The third-order valence-electron chi connectivity index (χ3n) is 4.03. The fourth-order valence-corrected chi connectivity index (χ4v) is 2.69. The van der Waals surface area contributed by atoms with Gasteiger partial charge < -0.3 is 15.0 Å². The minimum Gasteiger partial charge on any atom is -0.378 e. The third kappa shape index (κ3) is 4.47. The molecule has 1 aliphatic heterocycles. The largest absolute Gasteiger partial charge is 0.378 e. The van der Waals surface area contributed by atoms with E-state index in [2.05, 4.69) is 10.2 Å². The summed E-state index contributed by atoms with van der Waals surface area (Å²) in [4.78, 5) is 14.5. The third-order valence-corrected chi connectivity index (χ3v) is 4.03. The molecule has 0 bridgehead atoms. The first-order valence-electron chi connectivity index (χ1n) is 8.27. The van der Waals surface area contributed by atoms with Crippen LogP contribution in [0.15, 0.2) is 54.1 Å². The minimum atomic E-state index is -0.532. The zero-order chi connectivity index (χ0) is 18.4. The summed E-state index contributed by atoms with van der Waals surface area (Å²) in [5.41, 5.74) is 2.02. The molecule has 26 heavy (non-hydrogen) atoms. The van der Waals surface area contributed by atoms with Crippen LogP contribution in [-0.2, 0) is 9.53 Å². The van der Waals surface area contributed by atoms with E-state index >= 15 is 0 Å². The van der Waals surface area contributed by atoms with Gasteiger partial charge in [-0.1, -0.05) is 12.1 Å². The van der Waals surface area contributed by atoms with Gasteiger partial charge in [0.05, 0.1) is 13.2 Å². The van der Waals surface area contributed by atoms with Gasteiger partial charge in [0.25, 0.3) is 5.91 Å². The SMILES string of the molecule is N#C/C(=C\c1cccc(F)c1)C(=O)Nc1ccc(N2CCOCC2)cc1. The first-order chi connectivity index (χ1) is 12.7. The van der Waals surface area contributed by atoms with Gasteiger partial charge in [-0.2, -0.15) is 5.26 Å². The van der Waals surface area contributed by atoms with Gasteiger partial charge in [-0.15, -0.1) is 0 Å². The first-order valence-corrected chi connectivity index (χ1v) is 8.27. The lowest BCUT2D eigenvalue weighted by Crippen LogP contribution is -2.36. The van der Waals surface area contributed by atoms with E-state index in [4.69, 9.17) is 4.74 Å². The zero-order valence-electron chi connectivity index (χ0n) is 14.1. The molecular formula is C20H18FN3O2. The van der Waals surface area contributed by atoms with E-state index in [0.29, 0.717) is 24.5 Å². The Balaban J connectivity index is 1.69. The van der Waals surface area contributed by atoms with Crippen LogP contribution in [0.4, 0.5) is 15.8 Å². The molecule has 1 saturated heterocycles. The van der Waals surface area contributed by atoms with E-state index < -0.39 is 11.7 Å². The van der Waals surface area contributed by atoms with E-state index in [0.717, 1.165) is 18.8 Å². The summed E-state index contributed by atoms with van der Waals surface area (Å²) >= 11 is 0. The van der Waals surface area contributed by atoms with Crippen molar-refractivity contribution >= 4 is 23.4 Å². The maximum Gasteiger partial charge on any atom is 0.266 e. The van der Waals surface area contributed by atoms with Crippen LogP contribution < -0.4 is 10.2 Å². The second-order valence-electron chi connectivity index (χ2n) is 5.83. The molecule has 1 fully saturated rings. The van der Waals surface area contributed by atoms with Crippen molar-refractivity contribution in [3.8, 4) is 6.07 Å². The van der Waals surface area contributed by atoms with Gasteiger partial charge in [0, 0.05) is 24.5 Å². The molecule has 5 nitrogen and oxygen atoms in total. The van der Waals surface area contributed by atoms with Crippen molar-refractivity contribution in [2.24, 2.45) is 0 Å². The number of halogens is 1. The lowest BCUT2D eigenvalue weighted by molar-refractivity contribution is -0.112. The number of carbonyl (C=O) groups is 1. The van der Waals surface area contributed by atoms with Gasteiger partial charge in [0.2, 0.25) is 0 Å². The number of benzene rings is 2. The van der Waals surface area contributed by atoms with E-state index in [-0.39, 0.29) is 5.57 Å². The van der Waals surface area contributed by atoms with Crippen LogP contribution in [-0.4, -0.2) is 32.2 Å². The molecular weight excluding hydrogens is 333 g/mol. The smallest absolute Gasteiger partial charge is 0.266 e. The zero-order valence-corrected chi connectivity index (χ0v) is 14.1. The summed E-state index contributed by atoms with van der Waals surface area (Å²) in [5, 5.41) is 11.9. The first kappa shape index (κ1) is 17.6. The molecule has 3 rings (SSSR count). The molecule has 0 radical (unpaired) electrons. The summed E-state index contributed by atoms with van der Waals surface area (Å²) in [6.45, 7) is 3.07. The average molecular weight is 351 g/mol. The van der Waals surface area contributed by atoms with E-state index in [1.165, 1.54) is 24.3 Å². The number of nitriles is 1. The normalized spacial score (nSPS) is 14.6. The van der Waals surface area contributed by atoms with Gasteiger partial charge in [0.1, 0.15) is 17.5 Å². The molecule has 1 aliphatic rings. The van der Waals surface area contributed by atoms with Crippen LogP contribution in [0.5, 0.6) is 0 Å². The van der Waals surface area contributed by atoms with E-state index in [1.807, 2.05) is 18.2 Å². The Hall–Kier alpha value is -3.17. The van der Waals surface area contributed by atoms with Crippen LogP contribution in [0.1, 0.15) is 5.56 Å². The number of rotatable bonds is 4. The Kier molecular flexibility index (Phi) is 5.62. The molecule has 0 aliphatic carbocycles. The molecule has 6 heteroatoms. The number of nitrogens with zero attached hydrogens (tertiary/aromatic N) is 2. The van der Waals surface area contributed by atoms with Crippen molar-refractivity contribution in [3.05, 3.63) is 65.5 Å². The molecule has 0 unspecified atom stereocenters. The quantitative estimate of drug-likeness (QED) is 0.679. The lowest BCUT2D eigenvalue weighted by atomic mass is 10.1. The predicted octanol–water partition coefficient (Wildman–Crippen LogP) is 3.21. The number of anilines is 2. The van der Waals surface area contributed by atoms with Gasteiger partial charge in [-0.3, -0.25) is 4.79 Å². The van der Waals surface area contributed by atoms with Crippen molar-refractivity contribution in [2.75, 3.05) is 36.5 Å². The standard InChI is InChI=1S/C20H18FN3O2/c21-17-3-1-2-15(13-17)12-16(14-22)20(25)23-18-4-6-19(7-5-18)24-8-10-26-11-9-24/h1-7,12-13H,8-11H2,(H,23,25)/b16-12+. The van der Waals surface area contributed by atoms with Crippen LogP contribution in [0.3, 0.4) is 0 Å². The molecule has 2 aromatic carbocycles. The highest BCUT2D eigenvalue weighted by Crippen LogP contribution is 2.19. The van der Waals surface area contributed by atoms with Crippen LogP contribution in [0.2, 0.25) is 0 Å². The van der Waals surface area contributed by atoms with Crippen molar-refractivity contribution in [2.45, 2.75) is 0 Å². The Labute approximate surface area is 151 Å². The topological polar surface area (TPSA) is 65.4 Å². The number of amides is 1. The van der Waals surface area contributed by atoms with E-state index in [1.54, 1.807) is 18.2 Å². The highest BCUT2D eigenvalue weighted by molar-refractivity contribution is 6.09. The van der Waals surface area contributed by atoms with Crippen molar-refractivity contribution in [3.63, 3.8) is 0 Å². The summed E-state index contributed by atoms with van der Waals surface area (Å²) in [6.07, 6.45) is 1.36. The molecule has 2 aromatic rings. The molecule has 0 aromatic heterocycles. The Bertz CT molecular complexity index is 850. The second kappa shape index (κ2) is 8.28. The lowest BCUT2D eigenvalue weighted by Gasteiger charge is -2.28. The van der Waals surface area contributed by atoms with Crippen LogP contribution in [0, 0.1) is 17.1 Å². The number of ether oxygens (including phenoxy) is 1. The average Bonchev–Trinajstić information content (AvgIpc) is 2.67. The number of hydrogen-bond donors (Lipinski definition) is 1. The second-order valence-corrected chi connectivity index (χ2v) is 5.83. The summed E-state index contributed by atoms with van der Waals surface area (Å²) < 4.78 is 18.6. The maximum atomic E-state index is 13.2. The van der Waals surface area contributed by atoms with Crippen LogP contribution in [0.25, 0.3) is 6.08 Å². The molecule has 0 saturated carbocycles. The van der Waals surface area contributed by atoms with Crippen molar-refractivity contribution in [1.29, 1.82) is 5.26 Å². The Morgan fingerprint density at radius 1 is 1.19 bits per heavy atom. The number of hydrogen-bond acceptors (Lipinski definition) is 4. The molecule has 1 amide bonds. The van der Waals surface area contributed by atoms with Crippen LogP contribution >= 0.6 is 0 Å². The van der Waals surface area contributed by atoms with E-state index in [9.17, 15) is 14.4 Å². The summed E-state index contributed by atoms with van der Waals surface area (Å²) in [5.74, 6) is -0.953. The molecule has 1 heterocycles. The van der Waals surface area contributed by atoms with Gasteiger partial charge in [0.15, 0.2) is 0 Å². The maximum absolute atomic E-state index is 13.2. The minimum absolute atomic E-state index is 0.0899. The number of morpholine rings is 1. The summed E-state index contributed by atoms with van der Waals surface area (Å²) in [7, 11) is 0. The highest BCUT2D eigenvalue weighted by Gasteiger charge is 2.12. The monoisotopic (exact) mass is 351 g/mol. The van der Waals surface area contributed by atoms with Gasteiger partial charge in [-0.05, 0) is 48.0 Å². The number of carbonyl (C=O) groups excluding carboxylic acids is 1. The highest BCUT2D eigenvalue weighted by atomic mass is 19.1. The fraction of sp³-hybridized carbons (Fsp3) is 0.200. The predicted molar refractivity (Wildman–Crippen MR) is 98.1 cm³/mol. The Morgan fingerprint density at radius 2 is 1.92 bits per heavy atom.